The van der Waals surface area contributed by atoms with Gasteiger partial charge in [-0.1, -0.05) is 0 Å². The molecule has 0 amide bonds. The Morgan fingerprint density at radius 3 is 2.42 bits per heavy atom. The van der Waals surface area contributed by atoms with Crippen LogP contribution in [-0.2, 0) is 0 Å². The average Bonchev–Trinajstić information content (AvgIpc) is 2.46. The molecule has 1 saturated heterocycles. The van der Waals surface area contributed by atoms with Gasteiger partial charge in [0.1, 0.15) is 0 Å². The first-order chi connectivity index (χ1) is 8.85. The summed E-state index contributed by atoms with van der Waals surface area (Å²) in [6.07, 6.45) is 3.57. The summed E-state index contributed by atoms with van der Waals surface area (Å²) in [5.41, 5.74) is 0. The van der Waals surface area contributed by atoms with Gasteiger partial charge in [0.2, 0.25) is 5.95 Å². The van der Waals surface area contributed by atoms with Gasteiger partial charge in [-0.2, -0.15) is 0 Å². The van der Waals surface area contributed by atoms with E-state index in [1.165, 1.54) is 0 Å². The number of aromatic nitrogens is 2. The number of rotatable bonds is 2. The van der Waals surface area contributed by atoms with Crippen molar-refractivity contribution < 1.29 is 0 Å². The van der Waals surface area contributed by atoms with Gasteiger partial charge < -0.3 is 15.1 Å². The second-order valence-corrected chi connectivity index (χ2v) is 4.10. The summed E-state index contributed by atoms with van der Waals surface area (Å²) in [6, 6.07) is 1.84. The maximum Gasteiger partial charge on any atom is 0.225 e. The molecule has 0 aromatic carbocycles. The average molecular weight is 376 g/mol. The molecule has 0 spiro atoms. The van der Waals surface area contributed by atoms with Gasteiger partial charge in [0.05, 0.1) is 0 Å². The molecule has 2 rings (SSSR count). The Bertz CT molecular complexity index is 388. The third-order valence-electron chi connectivity index (χ3n) is 2.96. The molecule has 1 aromatic heterocycles. The van der Waals surface area contributed by atoms with Gasteiger partial charge >= 0.3 is 0 Å². The Hall–Kier alpha value is -1.12. The fraction of sp³-hybridized carbons (Fsp3) is 0.583. The van der Waals surface area contributed by atoms with Crippen molar-refractivity contribution in [2.45, 2.75) is 6.92 Å². The van der Waals surface area contributed by atoms with Crippen molar-refractivity contribution in [3.05, 3.63) is 18.5 Å². The van der Waals surface area contributed by atoms with Gasteiger partial charge in [-0.05, 0) is 13.0 Å². The van der Waals surface area contributed by atoms with Crippen LogP contribution < -0.4 is 10.2 Å². The van der Waals surface area contributed by atoms with Crippen molar-refractivity contribution in [2.24, 2.45) is 4.99 Å². The zero-order chi connectivity index (χ0) is 12.8. The van der Waals surface area contributed by atoms with E-state index in [0.29, 0.717) is 0 Å². The Balaban J connectivity index is 0.00000180. The lowest BCUT2D eigenvalue weighted by molar-refractivity contribution is 0.371. The van der Waals surface area contributed by atoms with E-state index in [1.54, 1.807) is 12.4 Å². The van der Waals surface area contributed by atoms with Crippen LogP contribution in [0.2, 0.25) is 0 Å². The number of aliphatic imine (C=N–C) groups is 1. The van der Waals surface area contributed by atoms with Crippen LogP contribution in [0.1, 0.15) is 6.92 Å². The number of nitrogens with one attached hydrogen (secondary N) is 1. The molecule has 0 bridgehead atoms. The van der Waals surface area contributed by atoms with Gasteiger partial charge in [-0.25, -0.2) is 9.97 Å². The van der Waals surface area contributed by atoms with E-state index >= 15 is 0 Å². The predicted molar refractivity (Wildman–Crippen MR) is 88.3 cm³/mol. The van der Waals surface area contributed by atoms with E-state index < -0.39 is 0 Å². The van der Waals surface area contributed by atoms with Gasteiger partial charge in [0.25, 0.3) is 0 Å². The molecule has 7 heteroatoms. The molecule has 19 heavy (non-hydrogen) atoms. The lowest BCUT2D eigenvalue weighted by atomic mass is 10.3. The van der Waals surface area contributed by atoms with Crippen molar-refractivity contribution in [3.63, 3.8) is 0 Å². The zero-order valence-electron chi connectivity index (χ0n) is 11.4. The molecule has 1 fully saturated rings. The van der Waals surface area contributed by atoms with E-state index in [1.807, 2.05) is 13.1 Å². The van der Waals surface area contributed by atoms with Crippen LogP contribution in [0.4, 0.5) is 5.95 Å². The van der Waals surface area contributed by atoms with Crippen LogP contribution in [0.15, 0.2) is 23.5 Å². The second-order valence-electron chi connectivity index (χ2n) is 4.10. The standard InChI is InChI=1S/C12H20N6.HI/c1-3-14-11(13-2)17-7-9-18(10-8-17)12-15-5-4-6-16-12;/h4-6H,3,7-10H2,1-2H3,(H,13,14);1H. The number of hydrogen-bond acceptors (Lipinski definition) is 4. The lowest BCUT2D eigenvalue weighted by Gasteiger charge is -2.36. The summed E-state index contributed by atoms with van der Waals surface area (Å²) < 4.78 is 0. The maximum absolute atomic E-state index is 4.28. The highest BCUT2D eigenvalue weighted by Crippen LogP contribution is 2.09. The normalized spacial score (nSPS) is 16.0. The maximum atomic E-state index is 4.28. The SMILES string of the molecule is CCNC(=NC)N1CCN(c2ncccn2)CC1.I. The van der Waals surface area contributed by atoms with Crippen molar-refractivity contribution >= 4 is 35.9 Å². The number of piperazine rings is 1. The summed E-state index contributed by atoms with van der Waals surface area (Å²) in [5, 5.41) is 3.28. The first kappa shape index (κ1) is 15.9. The zero-order valence-corrected chi connectivity index (χ0v) is 13.7. The Kier molecular flexibility index (Phi) is 6.82. The Labute approximate surface area is 131 Å². The molecule has 1 aromatic rings. The van der Waals surface area contributed by atoms with Gasteiger partial charge in [0, 0.05) is 52.2 Å². The van der Waals surface area contributed by atoms with Crippen LogP contribution in [0.3, 0.4) is 0 Å². The first-order valence-electron chi connectivity index (χ1n) is 6.32. The quantitative estimate of drug-likeness (QED) is 0.471. The first-order valence-corrected chi connectivity index (χ1v) is 6.32. The van der Waals surface area contributed by atoms with Crippen LogP contribution in [0.25, 0.3) is 0 Å². The minimum atomic E-state index is 0. The van der Waals surface area contributed by atoms with Crippen LogP contribution in [0.5, 0.6) is 0 Å². The van der Waals surface area contributed by atoms with Crippen molar-refractivity contribution in [1.82, 2.24) is 20.2 Å². The van der Waals surface area contributed by atoms with Gasteiger partial charge in [-0.15, -0.1) is 24.0 Å². The largest absolute Gasteiger partial charge is 0.357 e. The second kappa shape index (κ2) is 8.13. The highest BCUT2D eigenvalue weighted by Gasteiger charge is 2.20. The van der Waals surface area contributed by atoms with Crippen LogP contribution >= 0.6 is 24.0 Å². The number of guanidine groups is 1. The lowest BCUT2D eigenvalue weighted by Crippen LogP contribution is -2.52. The molecule has 1 aliphatic heterocycles. The fourth-order valence-corrected chi connectivity index (χ4v) is 2.06. The van der Waals surface area contributed by atoms with E-state index in [0.717, 1.165) is 44.6 Å². The molecule has 1 aliphatic rings. The highest BCUT2D eigenvalue weighted by molar-refractivity contribution is 14.0. The summed E-state index contributed by atoms with van der Waals surface area (Å²) in [6.45, 7) is 6.71. The molecule has 0 atom stereocenters. The topological polar surface area (TPSA) is 56.7 Å². The molecular formula is C12H21IN6. The van der Waals surface area contributed by atoms with E-state index in [4.69, 9.17) is 0 Å². The summed E-state index contributed by atoms with van der Waals surface area (Å²) in [4.78, 5) is 17.3. The monoisotopic (exact) mass is 376 g/mol. The van der Waals surface area contributed by atoms with Crippen LogP contribution in [0, 0.1) is 0 Å². The van der Waals surface area contributed by atoms with Gasteiger partial charge in [-0.3, -0.25) is 4.99 Å². The molecule has 6 nitrogen and oxygen atoms in total. The summed E-state index contributed by atoms with van der Waals surface area (Å²) in [5.74, 6) is 1.79. The molecule has 0 saturated carbocycles. The fourth-order valence-electron chi connectivity index (χ4n) is 2.06. The van der Waals surface area contributed by atoms with E-state index in [9.17, 15) is 0 Å². The summed E-state index contributed by atoms with van der Waals surface area (Å²) in [7, 11) is 1.82. The molecule has 2 heterocycles. The molecule has 0 radical (unpaired) electrons. The molecule has 0 aliphatic carbocycles. The Morgan fingerprint density at radius 1 is 1.26 bits per heavy atom. The highest BCUT2D eigenvalue weighted by atomic mass is 127. The van der Waals surface area contributed by atoms with Crippen molar-refractivity contribution in [2.75, 3.05) is 44.7 Å². The van der Waals surface area contributed by atoms with Crippen molar-refractivity contribution in [1.29, 1.82) is 0 Å². The molecular weight excluding hydrogens is 355 g/mol. The Morgan fingerprint density at radius 2 is 1.89 bits per heavy atom. The minimum Gasteiger partial charge on any atom is -0.357 e. The van der Waals surface area contributed by atoms with E-state index in [-0.39, 0.29) is 24.0 Å². The third-order valence-corrected chi connectivity index (χ3v) is 2.96. The van der Waals surface area contributed by atoms with E-state index in [2.05, 4.69) is 37.0 Å². The van der Waals surface area contributed by atoms with Crippen LogP contribution in [-0.4, -0.2) is 60.6 Å². The molecule has 106 valence electrons. The third kappa shape index (κ3) is 4.19. The predicted octanol–water partition coefficient (Wildman–Crippen LogP) is 0.812. The number of halogens is 1. The molecule has 0 unspecified atom stereocenters. The number of nitrogens with zero attached hydrogens (tertiary/aromatic N) is 5. The molecule has 1 N–H and O–H groups in total. The van der Waals surface area contributed by atoms with Gasteiger partial charge in [0.15, 0.2) is 5.96 Å². The summed E-state index contributed by atoms with van der Waals surface area (Å²) >= 11 is 0. The number of hydrogen-bond donors (Lipinski definition) is 1. The number of anilines is 1. The van der Waals surface area contributed by atoms with Crippen molar-refractivity contribution in [3.8, 4) is 0 Å². The smallest absolute Gasteiger partial charge is 0.225 e. The minimum absolute atomic E-state index is 0.